The summed E-state index contributed by atoms with van der Waals surface area (Å²) in [6, 6.07) is 2.46. The molecule has 1 aliphatic rings. The minimum absolute atomic E-state index is 0.530. The summed E-state index contributed by atoms with van der Waals surface area (Å²) >= 11 is 0. The molecule has 4 rings (SSSR count). The Morgan fingerprint density at radius 2 is 2.00 bits per heavy atom. The van der Waals surface area contributed by atoms with Gasteiger partial charge in [0.25, 0.3) is 0 Å². The predicted molar refractivity (Wildman–Crippen MR) is 84.5 cm³/mol. The van der Waals surface area contributed by atoms with Crippen molar-refractivity contribution in [2.75, 3.05) is 5.32 Å². The van der Waals surface area contributed by atoms with E-state index in [1.807, 2.05) is 12.3 Å². The molecular weight excluding hydrogens is 276 g/mol. The zero-order valence-corrected chi connectivity index (χ0v) is 12.3. The van der Waals surface area contributed by atoms with Gasteiger partial charge in [-0.15, -0.1) is 0 Å². The second-order valence-corrected chi connectivity index (χ2v) is 5.71. The summed E-state index contributed by atoms with van der Waals surface area (Å²) in [7, 11) is 0. The van der Waals surface area contributed by atoms with Crippen molar-refractivity contribution >= 4 is 11.3 Å². The number of hydrogen-bond acceptors (Lipinski definition) is 5. The third kappa shape index (κ3) is 2.52. The average Bonchev–Trinajstić information content (AvgIpc) is 3.00. The van der Waals surface area contributed by atoms with Gasteiger partial charge in [0.2, 0.25) is 0 Å². The van der Waals surface area contributed by atoms with Crippen LogP contribution in [0.25, 0.3) is 16.9 Å². The molecule has 1 N–H and O–H groups in total. The zero-order valence-electron chi connectivity index (χ0n) is 12.3. The maximum atomic E-state index is 4.66. The number of fused-ring (bicyclic) bond motifs is 1. The molecule has 6 heteroatoms. The molecule has 0 amide bonds. The van der Waals surface area contributed by atoms with E-state index in [0.717, 1.165) is 16.9 Å². The smallest absolute Gasteiger partial charge is 0.165 e. The van der Waals surface area contributed by atoms with Crippen molar-refractivity contribution in [3.63, 3.8) is 0 Å². The molecule has 3 heterocycles. The van der Waals surface area contributed by atoms with E-state index in [9.17, 15) is 0 Å². The topological polar surface area (TPSA) is 68.0 Å². The lowest BCUT2D eigenvalue weighted by atomic mass is 9.95. The van der Waals surface area contributed by atoms with E-state index in [2.05, 4.69) is 25.4 Å². The summed E-state index contributed by atoms with van der Waals surface area (Å²) in [6.07, 6.45) is 15.3. The van der Waals surface area contributed by atoms with Crippen LogP contribution < -0.4 is 5.32 Å². The fourth-order valence-corrected chi connectivity index (χ4v) is 3.03. The van der Waals surface area contributed by atoms with Crippen molar-refractivity contribution in [1.82, 2.24) is 24.6 Å². The van der Waals surface area contributed by atoms with Gasteiger partial charge in [-0.2, -0.15) is 5.10 Å². The van der Waals surface area contributed by atoms with E-state index >= 15 is 0 Å². The number of rotatable bonds is 3. The third-order valence-electron chi connectivity index (χ3n) is 4.18. The molecule has 0 unspecified atom stereocenters. The van der Waals surface area contributed by atoms with Crippen LogP contribution >= 0.6 is 0 Å². The Hall–Kier alpha value is -2.50. The standard InChI is InChI=1S/C16H18N6/c1-2-4-12(5-3-1)20-15-6-7-18-16(21-15)13-10-19-22-9-8-17-11-14(13)22/h6-12H,1-5H2,(H,18,20,21). The highest BCUT2D eigenvalue weighted by atomic mass is 15.2. The highest BCUT2D eigenvalue weighted by Crippen LogP contribution is 2.23. The minimum Gasteiger partial charge on any atom is -0.367 e. The number of nitrogens with one attached hydrogen (secondary N) is 1. The summed E-state index contributed by atoms with van der Waals surface area (Å²) in [5.74, 6) is 1.57. The van der Waals surface area contributed by atoms with Gasteiger partial charge >= 0.3 is 0 Å². The van der Waals surface area contributed by atoms with Gasteiger partial charge in [-0.1, -0.05) is 19.3 Å². The van der Waals surface area contributed by atoms with Gasteiger partial charge in [-0.3, -0.25) is 4.98 Å². The van der Waals surface area contributed by atoms with E-state index < -0.39 is 0 Å². The molecule has 0 saturated heterocycles. The zero-order chi connectivity index (χ0) is 14.8. The first kappa shape index (κ1) is 13.2. The number of aromatic nitrogens is 5. The Balaban J connectivity index is 1.63. The molecule has 6 nitrogen and oxygen atoms in total. The Morgan fingerprint density at radius 1 is 1.09 bits per heavy atom. The van der Waals surface area contributed by atoms with E-state index in [1.165, 1.54) is 32.1 Å². The second kappa shape index (κ2) is 5.71. The van der Waals surface area contributed by atoms with E-state index in [0.29, 0.717) is 11.9 Å². The van der Waals surface area contributed by atoms with E-state index in [-0.39, 0.29) is 0 Å². The molecule has 1 aliphatic carbocycles. The van der Waals surface area contributed by atoms with Crippen LogP contribution in [0.15, 0.2) is 37.1 Å². The van der Waals surface area contributed by atoms with Gasteiger partial charge in [0.05, 0.1) is 23.5 Å². The van der Waals surface area contributed by atoms with Gasteiger partial charge in [0.15, 0.2) is 5.82 Å². The fraction of sp³-hybridized carbons (Fsp3) is 0.375. The molecule has 3 aromatic rings. The summed E-state index contributed by atoms with van der Waals surface area (Å²) in [4.78, 5) is 13.2. The molecule has 0 spiro atoms. The molecular formula is C16H18N6. The molecule has 0 atom stereocenters. The highest BCUT2D eigenvalue weighted by molar-refractivity contribution is 5.75. The van der Waals surface area contributed by atoms with Crippen molar-refractivity contribution < 1.29 is 0 Å². The number of anilines is 1. The van der Waals surface area contributed by atoms with Crippen molar-refractivity contribution in [3.8, 4) is 11.4 Å². The fourth-order valence-electron chi connectivity index (χ4n) is 3.03. The normalized spacial score (nSPS) is 16.0. The second-order valence-electron chi connectivity index (χ2n) is 5.71. The first-order chi connectivity index (χ1) is 10.9. The lowest BCUT2D eigenvalue weighted by Crippen LogP contribution is -2.22. The summed E-state index contributed by atoms with van der Waals surface area (Å²) < 4.78 is 1.78. The van der Waals surface area contributed by atoms with Gasteiger partial charge < -0.3 is 5.32 Å². The molecule has 1 fully saturated rings. The van der Waals surface area contributed by atoms with Crippen molar-refractivity contribution in [2.24, 2.45) is 0 Å². The Kier molecular flexibility index (Phi) is 3.42. The van der Waals surface area contributed by atoms with E-state index in [4.69, 9.17) is 0 Å². The van der Waals surface area contributed by atoms with Crippen molar-refractivity contribution in [1.29, 1.82) is 0 Å². The van der Waals surface area contributed by atoms with Crippen LogP contribution in [0.3, 0.4) is 0 Å². The lowest BCUT2D eigenvalue weighted by molar-refractivity contribution is 0.462. The first-order valence-electron chi connectivity index (χ1n) is 7.77. The molecule has 1 saturated carbocycles. The molecule has 0 radical (unpaired) electrons. The average molecular weight is 294 g/mol. The Labute approximate surface area is 128 Å². The largest absolute Gasteiger partial charge is 0.367 e. The molecule has 0 aliphatic heterocycles. The molecule has 0 bridgehead atoms. The van der Waals surface area contributed by atoms with Crippen LogP contribution in [0.1, 0.15) is 32.1 Å². The summed E-state index contributed by atoms with van der Waals surface area (Å²) in [6.45, 7) is 0. The monoisotopic (exact) mass is 294 g/mol. The molecule has 0 aromatic carbocycles. The van der Waals surface area contributed by atoms with Crippen LogP contribution in [0.4, 0.5) is 5.82 Å². The van der Waals surface area contributed by atoms with Gasteiger partial charge in [0.1, 0.15) is 5.82 Å². The van der Waals surface area contributed by atoms with Crippen LogP contribution in [0.5, 0.6) is 0 Å². The van der Waals surface area contributed by atoms with Crippen LogP contribution in [0.2, 0.25) is 0 Å². The lowest BCUT2D eigenvalue weighted by Gasteiger charge is -2.23. The predicted octanol–water partition coefficient (Wildman–Crippen LogP) is 2.93. The summed E-state index contributed by atoms with van der Waals surface area (Å²) in [5.41, 5.74) is 1.82. The van der Waals surface area contributed by atoms with Gasteiger partial charge in [0, 0.05) is 24.6 Å². The van der Waals surface area contributed by atoms with Crippen LogP contribution in [0, 0.1) is 0 Å². The molecule has 3 aromatic heterocycles. The van der Waals surface area contributed by atoms with E-state index in [1.54, 1.807) is 29.3 Å². The SMILES string of the molecule is c1cn2ncc(-c3nccc(NC4CCCCC4)n3)c2cn1. The molecule has 22 heavy (non-hydrogen) atoms. The first-order valence-corrected chi connectivity index (χ1v) is 7.77. The maximum Gasteiger partial charge on any atom is 0.165 e. The summed E-state index contributed by atoms with van der Waals surface area (Å²) in [5, 5.41) is 7.85. The van der Waals surface area contributed by atoms with Crippen LogP contribution in [-0.2, 0) is 0 Å². The quantitative estimate of drug-likeness (QED) is 0.804. The highest BCUT2D eigenvalue weighted by Gasteiger charge is 2.15. The number of nitrogens with zero attached hydrogens (tertiary/aromatic N) is 5. The van der Waals surface area contributed by atoms with Gasteiger partial charge in [-0.05, 0) is 18.9 Å². The number of hydrogen-bond donors (Lipinski definition) is 1. The molecule has 112 valence electrons. The minimum atomic E-state index is 0.530. The Bertz CT molecular complexity index is 775. The van der Waals surface area contributed by atoms with Crippen molar-refractivity contribution in [2.45, 2.75) is 38.1 Å². The maximum absolute atomic E-state index is 4.66. The van der Waals surface area contributed by atoms with Gasteiger partial charge in [-0.25, -0.2) is 14.5 Å². The van der Waals surface area contributed by atoms with Crippen LogP contribution in [-0.4, -0.2) is 30.6 Å². The Morgan fingerprint density at radius 3 is 2.91 bits per heavy atom. The third-order valence-corrected chi connectivity index (χ3v) is 4.18. The van der Waals surface area contributed by atoms with Crippen molar-refractivity contribution in [3.05, 3.63) is 37.1 Å².